The summed E-state index contributed by atoms with van der Waals surface area (Å²) in [5.41, 5.74) is 1.73. The molecule has 2 N–H and O–H groups in total. The minimum absolute atomic E-state index is 0.0407. The number of amides is 3. The van der Waals surface area contributed by atoms with E-state index in [-0.39, 0.29) is 11.9 Å². The van der Waals surface area contributed by atoms with Gasteiger partial charge in [0.1, 0.15) is 5.75 Å². The van der Waals surface area contributed by atoms with Crippen molar-refractivity contribution in [1.82, 2.24) is 10.2 Å². The Labute approximate surface area is 147 Å². The standard InChI is InChI=1S/C19H23N3O3/c1-15(23)22(14-16-8-10-18(25-2)11-9-16)13-12-20-19(24)21-17-6-4-3-5-7-17/h3-11H,12-14H2,1-2H3,(H2,20,21,24). The molecule has 0 unspecified atom stereocenters. The van der Waals surface area contributed by atoms with Gasteiger partial charge in [-0.3, -0.25) is 4.79 Å². The van der Waals surface area contributed by atoms with E-state index in [9.17, 15) is 9.59 Å². The smallest absolute Gasteiger partial charge is 0.319 e. The molecule has 0 fully saturated rings. The van der Waals surface area contributed by atoms with Crippen LogP contribution in [0.2, 0.25) is 0 Å². The molecule has 6 heteroatoms. The Morgan fingerprint density at radius 2 is 1.72 bits per heavy atom. The number of benzene rings is 2. The first-order valence-electron chi connectivity index (χ1n) is 8.07. The fourth-order valence-electron chi connectivity index (χ4n) is 2.30. The highest BCUT2D eigenvalue weighted by molar-refractivity contribution is 5.89. The molecule has 0 aliphatic heterocycles. The maximum atomic E-state index is 11.9. The van der Waals surface area contributed by atoms with E-state index in [1.807, 2.05) is 54.6 Å². The quantitative estimate of drug-likeness (QED) is 0.813. The second-order valence-electron chi connectivity index (χ2n) is 5.54. The Balaban J connectivity index is 1.80. The lowest BCUT2D eigenvalue weighted by molar-refractivity contribution is -0.129. The van der Waals surface area contributed by atoms with Crippen molar-refractivity contribution in [3.63, 3.8) is 0 Å². The van der Waals surface area contributed by atoms with Gasteiger partial charge in [-0.2, -0.15) is 0 Å². The van der Waals surface area contributed by atoms with Gasteiger partial charge in [0.05, 0.1) is 7.11 Å². The summed E-state index contributed by atoms with van der Waals surface area (Å²) in [6.07, 6.45) is 0. The minimum atomic E-state index is -0.292. The molecular formula is C19H23N3O3. The molecule has 2 aromatic rings. The zero-order valence-corrected chi connectivity index (χ0v) is 14.5. The molecule has 0 heterocycles. The number of hydrogen-bond donors (Lipinski definition) is 2. The Hall–Kier alpha value is -3.02. The number of carbonyl (C=O) groups is 2. The third-order valence-electron chi connectivity index (χ3n) is 3.68. The maximum Gasteiger partial charge on any atom is 0.319 e. The largest absolute Gasteiger partial charge is 0.497 e. The van der Waals surface area contributed by atoms with Gasteiger partial charge in [0.2, 0.25) is 5.91 Å². The van der Waals surface area contributed by atoms with Crippen LogP contribution in [0.3, 0.4) is 0 Å². The first kappa shape index (κ1) is 18.3. The fraction of sp³-hybridized carbons (Fsp3) is 0.263. The molecule has 0 saturated carbocycles. The lowest BCUT2D eigenvalue weighted by atomic mass is 10.2. The maximum absolute atomic E-state index is 11.9. The topological polar surface area (TPSA) is 70.7 Å². The van der Waals surface area contributed by atoms with Crippen LogP contribution in [-0.4, -0.2) is 37.0 Å². The molecule has 0 radical (unpaired) electrons. The summed E-state index contributed by atoms with van der Waals surface area (Å²) in [6.45, 7) is 2.81. The predicted molar refractivity (Wildman–Crippen MR) is 97.5 cm³/mol. The molecule has 0 aliphatic rings. The number of methoxy groups -OCH3 is 1. The van der Waals surface area contributed by atoms with Gasteiger partial charge >= 0.3 is 6.03 Å². The summed E-state index contributed by atoms with van der Waals surface area (Å²) < 4.78 is 5.13. The van der Waals surface area contributed by atoms with E-state index in [2.05, 4.69) is 10.6 Å². The Kier molecular flexibility index (Phi) is 6.83. The van der Waals surface area contributed by atoms with Gasteiger partial charge in [-0.1, -0.05) is 30.3 Å². The molecule has 0 aromatic heterocycles. The number of nitrogens with zero attached hydrogens (tertiary/aromatic N) is 1. The average molecular weight is 341 g/mol. The predicted octanol–water partition coefficient (Wildman–Crippen LogP) is 2.87. The molecule has 0 spiro atoms. The van der Waals surface area contributed by atoms with Gasteiger partial charge in [-0.25, -0.2) is 4.79 Å². The zero-order chi connectivity index (χ0) is 18.1. The third-order valence-corrected chi connectivity index (χ3v) is 3.68. The number of para-hydroxylation sites is 1. The first-order chi connectivity index (χ1) is 12.1. The van der Waals surface area contributed by atoms with Crippen molar-refractivity contribution in [2.24, 2.45) is 0 Å². The van der Waals surface area contributed by atoms with Gasteiger partial charge in [-0.05, 0) is 29.8 Å². The minimum Gasteiger partial charge on any atom is -0.497 e. The van der Waals surface area contributed by atoms with Gasteiger partial charge < -0.3 is 20.3 Å². The highest BCUT2D eigenvalue weighted by Gasteiger charge is 2.10. The van der Waals surface area contributed by atoms with Crippen molar-refractivity contribution in [3.8, 4) is 5.75 Å². The average Bonchev–Trinajstić information content (AvgIpc) is 2.62. The molecule has 0 aliphatic carbocycles. The summed E-state index contributed by atoms with van der Waals surface area (Å²) in [7, 11) is 1.61. The Bertz CT molecular complexity index is 687. The zero-order valence-electron chi connectivity index (χ0n) is 14.5. The van der Waals surface area contributed by atoms with Gasteiger partial charge in [0, 0.05) is 32.2 Å². The second-order valence-corrected chi connectivity index (χ2v) is 5.54. The van der Waals surface area contributed by atoms with Crippen molar-refractivity contribution in [2.45, 2.75) is 13.5 Å². The van der Waals surface area contributed by atoms with Crippen molar-refractivity contribution < 1.29 is 14.3 Å². The molecule has 6 nitrogen and oxygen atoms in total. The molecule has 2 rings (SSSR count). The van der Waals surface area contributed by atoms with Crippen LogP contribution in [0.4, 0.5) is 10.5 Å². The lowest BCUT2D eigenvalue weighted by Gasteiger charge is -2.21. The van der Waals surface area contributed by atoms with Crippen LogP contribution in [0.15, 0.2) is 54.6 Å². The van der Waals surface area contributed by atoms with Crippen molar-refractivity contribution in [2.75, 3.05) is 25.5 Å². The summed E-state index contributed by atoms with van der Waals surface area (Å²) in [5.74, 6) is 0.735. The molecule has 0 saturated heterocycles. The second kappa shape index (κ2) is 9.32. The third kappa shape index (κ3) is 6.18. The van der Waals surface area contributed by atoms with Crippen LogP contribution >= 0.6 is 0 Å². The fourth-order valence-corrected chi connectivity index (χ4v) is 2.30. The van der Waals surface area contributed by atoms with Gasteiger partial charge in [0.15, 0.2) is 0 Å². The monoisotopic (exact) mass is 341 g/mol. The summed E-state index contributed by atoms with van der Waals surface area (Å²) >= 11 is 0. The van der Waals surface area contributed by atoms with Gasteiger partial charge in [0.25, 0.3) is 0 Å². The van der Waals surface area contributed by atoms with Crippen LogP contribution in [0.25, 0.3) is 0 Å². The van der Waals surface area contributed by atoms with E-state index in [1.165, 1.54) is 6.92 Å². The molecule has 25 heavy (non-hydrogen) atoms. The first-order valence-corrected chi connectivity index (χ1v) is 8.07. The highest BCUT2D eigenvalue weighted by Crippen LogP contribution is 2.13. The summed E-state index contributed by atoms with van der Waals surface area (Å²) in [6, 6.07) is 16.5. The Morgan fingerprint density at radius 3 is 2.32 bits per heavy atom. The molecule has 0 bridgehead atoms. The number of ether oxygens (including phenoxy) is 1. The SMILES string of the molecule is COc1ccc(CN(CCNC(=O)Nc2ccccc2)C(C)=O)cc1. The lowest BCUT2D eigenvalue weighted by Crippen LogP contribution is -2.38. The summed E-state index contributed by atoms with van der Waals surface area (Å²) in [5, 5.41) is 5.50. The van der Waals surface area contributed by atoms with Crippen molar-refractivity contribution in [3.05, 3.63) is 60.2 Å². The number of rotatable bonds is 7. The van der Waals surface area contributed by atoms with Gasteiger partial charge in [-0.15, -0.1) is 0 Å². The highest BCUT2D eigenvalue weighted by atomic mass is 16.5. The van der Waals surface area contributed by atoms with E-state index < -0.39 is 0 Å². The van der Waals surface area contributed by atoms with Crippen LogP contribution in [-0.2, 0) is 11.3 Å². The van der Waals surface area contributed by atoms with E-state index in [4.69, 9.17) is 4.74 Å². The molecular weight excluding hydrogens is 318 g/mol. The van der Waals surface area contributed by atoms with Crippen LogP contribution < -0.4 is 15.4 Å². The van der Waals surface area contributed by atoms with Crippen LogP contribution in [0.5, 0.6) is 5.75 Å². The van der Waals surface area contributed by atoms with E-state index in [1.54, 1.807) is 12.0 Å². The molecule has 132 valence electrons. The van der Waals surface area contributed by atoms with Crippen LogP contribution in [0, 0.1) is 0 Å². The normalized spacial score (nSPS) is 10.0. The van der Waals surface area contributed by atoms with E-state index in [0.717, 1.165) is 17.0 Å². The number of hydrogen-bond acceptors (Lipinski definition) is 3. The molecule has 0 atom stereocenters. The number of anilines is 1. The number of urea groups is 1. The number of carbonyl (C=O) groups excluding carboxylic acids is 2. The summed E-state index contributed by atoms with van der Waals surface area (Å²) in [4.78, 5) is 25.3. The molecule has 3 amide bonds. The van der Waals surface area contributed by atoms with Crippen molar-refractivity contribution >= 4 is 17.6 Å². The Morgan fingerprint density at radius 1 is 1.04 bits per heavy atom. The van der Waals surface area contributed by atoms with Crippen molar-refractivity contribution in [1.29, 1.82) is 0 Å². The van der Waals surface area contributed by atoms with E-state index in [0.29, 0.717) is 19.6 Å². The molecule has 2 aromatic carbocycles. The van der Waals surface area contributed by atoms with Crippen LogP contribution in [0.1, 0.15) is 12.5 Å². The van der Waals surface area contributed by atoms with E-state index >= 15 is 0 Å². The number of nitrogens with one attached hydrogen (secondary N) is 2.